The Morgan fingerprint density at radius 1 is 1.41 bits per heavy atom. The highest BCUT2D eigenvalue weighted by Gasteiger charge is 2.09. The summed E-state index contributed by atoms with van der Waals surface area (Å²) in [6.45, 7) is 2.01. The smallest absolute Gasteiger partial charge is 0.412 e. The van der Waals surface area contributed by atoms with Gasteiger partial charge in [-0.2, -0.15) is 5.10 Å². The highest BCUT2D eigenvalue weighted by atomic mass is 16.5. The number of hydrogen-bond donors (Lipinski definition) is 1. The van der Waals surface area contributed by atoms with Gasteiger partial charge in [0, 0.05) is 12.3 Å². The molecular formula is C14H13N5O3. The molecule has 8 nitrogen and oxygen atoms in total. The van der Waals surface area contributed by atoms with Gasteiger partial charge in [-0.1, -0.05) is 0 Å². The summed E-state index contributed by atoms with van der Waals surface area (Å²) in [5.41, 5.74) is 0.684. The van der Waals surface area contributed by atoms with Crippen LogP contribution in [0.2, 0.25) is 0 Å². The lowest BCUT2D eigenvalue weighted by molar-refractivity contribution is 0.168. The van der Waals surface area contributed by atoms with Crippen LogP contribution in [0.25, 0.3) is 17.3 Å². The lowest BCUT2D eigenvalue weighted by atomic mass is 10.3. The Kier molecular flexibility index (Phi) is 3.82. The minimum absolute atomic E-state index is 0.287. The average Bonchev–Trinajstić information content (AvgIpc) is 3.19. The van der Waals surface area contributed by atoms with Gasteiger partial charge in [0.2, 0.25) is 0 Å². The van der Waals surface area contributed by atoms with Crippen molar-refractivity contribution < 1.29 is 13.9 Å². The maximum Gasteiger partial charge on any atom is 0.412 e. The predicted octanol–water partition coefficient (Wildman–Crippen LogP) is 2.49. The van der Waals surface area contributed by atoms with E-state index in [1.807, 2.05) is 6.07 Å². The molecule has 8 heteroatoms. The molecule has 0 saturated heterocycles. The maximum atomic E-state index is 11.4. The zero-order valence-electron chi connectivity index (χ0n) is 11.8. The molecule has 0 saturated carbocycles. The van der Waals surface area contributed by atoms with Crippen molar-refractivity contribution in [3.05, 3.63) is 43.1 Å². The third-order valence-corrected chi connectivity index (χ3v) is 2.76. The van der Waals surface area contributed by atoms with Crippen molar-refractivity contribution in [3.8, 4) is 17.3 Å². The SMILES string of the molecule is CCOC(=O)Nc1cc(-n2ccc(-c3ccco3)n2)ncn1. The van der Waals surface area contributed by atoms with Gasteiger partial charge in [0.05, 0.1) is 12.9 Å². The van der Waals surface area contributed by atoms with E-state index in [1.54, 1.807) is 42.3 Å². The molecule has 0 radical (unpaired) electrons. The fourth-order valence-electron chi connectivity index (χ4n) is 1.82. The van der Waals surface area contributed by atoms with Crippen molar-refractivity contribution in [1.29, 1.82) is 0 Å². The Labute approximate surface area is 125 Å². The first-order chi connectivity index (χ1) is 10.8. The third kappa shape index (κ3) is 2.95. The first-order valence-electron chi connectivity index (χ1n) is 6.62. The van der Waals surface area contributed by atoms with Crippen molar-refractivity contribution >= 4 is 11.9 Å². The Morgan fingerprint density at radius 2 is 2.32 bits per heavy atom. The summed E-state index contributed by atoms with van der Waals surface area (Å²) in [6, 6.07) is 7.01. The normalized spacial score (nSPS) is 10.4. The molecule has 0 aliphatic rings. The van der Waals surface area contributed by atoms with E-state index in [2.05, 4.69) is 20.4 Å². The Bertz CT molecular complexity index is 766. The zero-order chi connectivity index (χ0) is 15.4. The van der Waals surface area contributed by atoms with Gasteiger partial charge in [-0.3, -0.25) is 5.32 Å². The summed E-state index contributed by atoms with van der Waals surface area (Å²) in [5, 5.41) is 6.88. The van der Waals surface area contributed by atoms with Gasteiger partial charge in [0.15, 0.2) is 11.6 Å². The standard InChI is InChI=1S/C14H13N5O3/c1-2-21-14(20)17-12-8-13(16-9-15-12)19-6-5-10(18-19)11-4-3-7-22-11/h3-9H,2H2,1H3,(H,15,16,17,20). The largest absolute Gasteiger partial charge is 0.463 e. The number of anilines is 1. The van der Waals surface area contributed by atoms with Crippen molar-refractivity contribution in [2.24, 2.45) is 0 Å². The monoisotopic (exact) mass is 299 g/mol. The molecule has 0 spiro atoms. The average molecular weight is 299 g/mol. The molecule has 1 amide bonds. The summed E-state index contributed by atoms with van der Waals surface area (Å²) in [7, 11) is 0. The molecule has 0 fully saturated rings. The Balaban J connectivity index is 1.82. The molecule has 0 aromatic carbocycles. The van der Waals surface area contributed by atoms with Crippen molar-refractivity contribution in [2.75, 3.05) is 11.9 Å². The number of amides is 1. The highest BCUT2D eigenvalue weighted by molar-refractivity contribution is 5.83. The predicted molar refractivity (Wildman–Crippen MR) is 77.5 cm³/mol. The van der Waals surface area contributed by atoms with E-state index >= 15 is 0 Å². The van der Waals surface area contributed by atoms with Gasteiger partial charge in [-0.15, -0.1) is 0 Å². The van der Waals surface area contributed by atoms with E-state index in [1.165, 1.54) is 6.33 Å². The number of carbonyl (C=O) groups is 1. The van der Waals surface area contributed by atoms with Crippen LogP contribution in [0.1, 0.15) is 6.92 Å². The Hall–Kier alpha value is -3.16. The lowest BCUT2D eigenvalue weighted by Gasteiger charge is -2.05. The minimum atomic E-state index is -0.566. The molecule has 3 rings (SSSR count). The van der Waals surface area contributed by atoms with Gasteiger partial charge in [0.25, 0.3) is 0 Å². The number of ether oxygens (including phenoxy) is 1. The second-order valence-corrected chi connectivity index (χ2v) is 4.23. The molecule has 1 N–H and O–H groups in total. The number of nitrogens with zero attached hydrogens (tertiary/aromatic N) is 4. The quantitative estimate of drug-likeness (QED) is 0.795. The topological polar surface area (TPSA) is 95.1 Å². The molecule has 0 unspecified atom stereocenters. The maximum absolute atomic E-state index is 11.4. The summed E-state index contributed by atoms with van der Waals surface area (Å²) in [5.74, 6) is 1.51. The van der Waals surface area contributed by atoms with Crippen LogP contribution in [0.5, 0.6) is 0 Å². The van der Waals surface area contributed by atoms with Gasteiger partial charge < -0.3 is 9.15 Å². The van der Waals surface area contributed by atoms with Crippen LogP contribution in [0.3, 0.4) is 0 Å². The molecule has 112 valence electrons. The molecule has 0 aliphatic carbocycles. The summed E-state index contributed by atoms with van der Waals surface area (Å²) in [6.07, 6.45) is 4.10. The van der Waals surface area contributed by atoms with Crippen molar-refractivity contribution in [2.45, 2.75) is 6.92 Å². The van der Waals surface area contributed by atoms with E-state index in [0.29, 0.717) is 23.1 Å². The molecule has 22 heavy (non-hydrogen) atoms. The number of rotatable bonds is 4. The zero-order valence-corrected chi connectivity index (χ0v) is 11.8. The van der Waals surface area contributed by atoms with Crippen LogP contribution in [0.4, 0.5) is 10.6 Å². The van der Waals surface area contributed by atoms with Gasteiger partial charge in [-0.05, 0) is 25.1 Å². The number of aromatic nitrogens is 4. The van der Waals surface area contributed by atoms with Crippen molar-refractivity contribution in [3.63, 3.8) is 0 Å². The number of nitrogens with one attached hydrogen (secondary N) is 1. The van der Waals surface area contributed by atoms with Crippen LogP contribution in [0.15, 0.2) is 47.5 Å². The van der Waals surface area contributed by atoms with Crippen molar-refractivity contribution in [1.82, 2.24) is 19.7 Å². The van der Waals surface area contributed by atoms with E-state index in [9.17, 15) is 4.79 Å². The molecule has 0 bridgehead atoms. The van der Waals surface area contributed by atoms with Crippen LogP contribution in [0, 0.1) is 0 Å². The van der Waals surface area contributed by atoms with E-state index < -0.39 is 6.09 Å². The van der Waals surface area contributed by atoms with Gasteiger partial charge in [-0.25, -0.2) is 19.4 Å². The van der Waals surface area contributed by atoms with Gasteiger partial charge in [0.1, 0.15) is 17.8 Å². The fraction of sp³-hybridized carbons (Fsp3) is 0.143. The first-order valence-corrected chi connectivity index (χ1v) is 6.62. The number of furan rings is 1. The molecule has 0 atom stereocenters. The number of carbonyl (C=O) groups excluding carboxylic acids is 1. The molecular weight excluding hydrogens is 286 g/mol. The highest BCUT2D eigenvalue weighted by Crippen LogP contribution is 2.18. The molecule has 3 heterocycles. The molecule has 0 aliphatic heterocycles. The third-order valence-electron chi connectivity index (χ3n) is 2.76. The van der Waals surface area contributed by atoms with Gasteiger partial charge >= 0.3 is 6.09 Å². The molecule has 3 aromatic heterocycles. The second kappa shape index (κ2) is 6.08. The second-order valence-electron chi connectivity index (χ2n) is 4.23. The van der Waals surface area contributed by atoms with E-state index in [4.69, 9.17) is 9.15 Å². The minimum Gasteiger partial charge on any atom is -0.463 e. The van der Waals surface area contributed by atoms with Crippen LogP contribution >= 0.6 is 0 Å². The Morgan fingerprint density at radius 3 is 3.09 bits per heavy atom. The van der Waals surface area contributed by atoms with Crippen LogP contribution in [-0.2, 0) is 4.74 Å². The first kappa shape index (κ1) is 13.8. The van der Waals surface area contributed by atoms with E-state index in [-0.39, 0.29) is 6.61 Å². The van der Waals surface area contributed by atoms with Crippen LogP contribution in [-0.4, -0.2) is 32.4 Å². The summed E-state index contributed by atoms with van der Waals surface area (Å²) < 4.78 is 11.7. The fourth-order valence-corrected chi connectivity index (χ4v) is 1.82. The lowest BCUT2D eigenvalue weighted by Crippen LogP contribution is -2.14. The summed E-state index contributed by atoms with van der Waals surface area (Å²) in [4.78, 5) is 19.5. The van der Waals surface area contributed by atoms with E-state index in [0.717, 1.165) is 0 Å². The molecule has 3 aromatic rings. The van der Waals surface area contributed by atoms with Crippen LogP contribution < -0.4 is 5.32 Å². The summed E-state index contributed by atoms with van der Waals surface area (Å²) >= 11 is 0. The number of hydrogen-bond acceptors (Lipinski definition) is 6.